The molecule has 0 aliphatic heterocycles. The van der Waals surface area contributed by atoms with Gasteiger partial charge in [0.15, 0.2) is 6.61 Å². The van der Waals surface area contributed by atoms with Crippen LogP contribution in [-0.2, 0) is 16.1 Å². The van der Waals surface area contributed by atoms with Crippen molar-refractivity contribution in [2.45, 2.75) is 32.3 Å². The van der Waals surface area contributed by atoms with Gasteiger partial charge >= 0.3 is 5.97 Å². The highest BCUT2D eigenvalue weighted by Crippen LogP contribution is 2.41. The average molecular weight is 491 g/mol. The average Bonchev–Trinajstić information content (AvgIpc) is 3.61. The fourth-order valence-corrected chi connectivity index (χ4v) is 4.54. The van der Waals surface area contributed by atoms with E-state index in [1.54, 1.807) is 24.3 Å². The van der Waals surface area contributed by atoms with Gasteiger partial charge in [-0.05, 0) is 49.6 Å². The van der Waals surface area contributed by atoms with E-state index in [0.717, 1.165) is 23.4 Å². The van der Waals surface area contributed by atoms with Gasteiger partial charge in [0.1, 0.15) is 17.4 Å². The van der Waals surface area contributed by atoms with Crippen molar-refractivity contribution in [1.29, 1.82) is 0 Å². The molecule has 0 atom stereocenters. The van der Waals surface area contributed by atoms with Gasteiger partial charge in [-0.15, -0.1) is 0 Å². The SMILES string of the molecule is Cc1ccccc1OCC(=O)Nc1cccc(C(=O)OCc2cc(=O)n3nc(C4CC4)sc3n2)c1. The van der Waals surface area contributed by atoms with Gasteiger partial charge < -0.3 is 14.8 Å². The number of rotatable bonds is 8. The lowest BCUT2D eigenvalue weighted by Crippen LogP contribution is -2.20. The third kappa shape index (κ3) is 5.38. The molecular formula is C25H22N4O5S. The second-order valence-corrected chi connectivity index (χ2v) is 9.24. The topological polar surface area (TPSA) is 112 Å². The quantitative estimate of drug-likeness (QED) is 0.375. The van der Waals surface area contributed by atoms with Gasteiger partial charge in [-0.3, -0.25) is 9.59 Å². The van der Waals surface area contributed by atoms with Crippen LogP contribution < -0.4 is 15.6 Å². The molecule has 0 saturated heterocycles. The highest BCUT2D eigenvalue weighted by atomic mass is 32.1. The fraction of sp³-hybridized carbons (Fsp3) is 0.240. The Bertz CT molecular complexity index is 1470. The molecule has 9 nitrogen and oxygen atoms in total. The van der Waals surface area contributed by atoms with E-state index in [-0.39, 0.29) is 30.2 Å². The maximum atomic E-state index is 12.6. The minimum absolute atomic E-state index is 0.151. The number of anilines is 1. The molecule has 0 spiro atoms. The Morgan fingerprint density at radius 1 is 1.14 bits per heavy atom. The maximum Gasteiger partial charge on any atom is 0.338 e. The van der Waals surface area contributed by atoms with E-state index >= 15 is 0 Å². The van der Waals surface area contributed by atoms with E-state index in [4.69, 9.17) is 9.47 Å². The Labute approximate surface area is 204 Å². The molecule has 0 bridgehead atoms. The van der Waals surface area contributed by atoms with Crippen molar-refractivity contribution < 1.29 is 19.1 Å². The zero-order valence-electron chi connectivity index (χ0n) is 18.9. The summed E-state index contributed by atoms with van der Waals surface area (Å²) in [7, 11) is 0. The zero-order chi connectivity index (χ0) is 24.4. The molecule has 1 aliphatic rings. The van der Waals surface area contributed by atoms with Crippen LogP contribution in [0.5, 0.6) is 5.75 Å². The molecule has 35 heavy (non-hydrogen) atoms. The van der Waals surface area contributed by atoms with Gasteiger partial charge in [-0.1, -0.05) is 35.6 Å². The van der Waals surface area contributed by atoms with Crippen molar-refractivity contribution in [3.8, 4) is 5.75 Å². The molecule has 1 aliphatic carbocycles. The van der Waals surface area contributed by atoms with Crippen molar-refractivity contribution in [2.75, 3.05) is 11.9 Å². The van der Waals surface area contributed by atoms with Gasteiger partial charge in [0.05, 0.1) is 11.3 Å². The number of nitrogens with one attached hydrogen (secondary N) is 1. The summed E-state index contributed by atoms with van der Waals surface area (Å²) in [4.78, 5) is 42.1. The maximum absolute atomic E-state index is 12.6. The van der Waals surface area contributed by atoms with Crippen LogP contribution in [0.1, 0.15) is 45.4 Å². The largest absolute Gasteiger partial charge is 0.483 e. The Morgan fingerprint density at radius 2 is 1.97 bits per heavy atom. The Hall–Kier alpha value is -4.05. The number of hydrogen-bond donors (Lipinski definition) is 1. The molecule has 0 unspecified atom stereocenters. The summed E-state index contributed by atoms with van der Waals surface area (Å²) in [6, 6.07) is 15.1. The van der Waals surface area contributed by atoms with Crippen LogP contribution in [0, 0.1) is 6.92 Å². The van der Waals surface area contributed by atoms with Crippen LogP contribution in [0.3, 0.4) is 0 Å². The lowest BCUT2D eigenvalue weighted by Gasteiger charge is -2.10. The molecule has 1 fully saturated rings. The lowest BCUT2D eigenvalue weighted by atomic mass is 10.2. The van der Waals surface area contributed by atoms with E-state index in [2.05, 4.69) is 15.4 Å². The third-order valence-corrected chi connectivity index (χ3v) is 6.50. The summed E-state index contributed by atoms with van der Waals surface area (Å²) in [5.41, 5.74) is 1.68. The van der Waals surface area contributed by atoms with Crippen LogP contribution in [0.4, 0.5) is 5.69 Å². The summed E-state index contributed by atoms with van der Waals surface area (Å²) in [5, 5.41) is 7.96. The number of nitrogens with zero attached hydrogens (tertiary/aromatic N) is 3. The first-order valence-corrected chi connectivity index (χ1v) is 11.9. The summed E-state index contributed by atoms with van der Waals surface area (Å²) < 4.78 is 12.2. The predicted octanol–water partition coefficient (Wildman–Crippen LogP) is 3.71. The predicted molar refractivity (Wildman–Crippen MR) is 130 cm³/mol. The van der Waals surface area contributed by atoms with E-state index < -0.39 is 5.97 Å². The van der Waals surface area contributed by atoms with E-state index in [9.17, 15) is 14.4 Å². The van der Waals surface area contributed by atoms with Crippen molar-refractivity contribution in [3.63, 3.8) is 0 Å². The van der Waals surface area contributed by atoms with Gasteiger partial charge in [0.25, 0.3) is 11.5 Å². The number of benzene rings is 2. The molecular weight excluding hydrogens is 468 g/mol. The minimum atomic E-state index is -0.595. The molecule has 2 heterocycles. The second-order valence-electron chi connectivity index (χ2n) is 8.25. The highest BCUT2D eigenvalue weighted by molar-refractivity contribution is 7.16. The number of aryl methyl sites for hydroxylation is 1. The number of para-hydroxylation sites is 1. The minimum Gasteiger partial charge on any atom is -0.483 e. The van der Waals surface area contributed by atoms with Gasteiger partial charge in [-0.2, -0.15) is 9.61 Å². The molecule has 1 N–H and O–H groups in total. The Kier molecular flexibility index (Phi) is 6.28. The van der Waals surface area contributed by atoms with E-state index in [0.29, 0.717) is 28.0 Å². The van der Waals surface area contributed by atoms with Gasteiger partial charge in [0.2, 0.25) is 4.96 Å². The van der Waals surface area contributed by atoms with Gasteiger partial charge in [0, 0.05) is 17.7 Å². The molecule has 0 radical (unpaired) electrons. The number of amides is 1. The number of ether oxygens (including phenoxy) is 2. The Morgan fingerprint density at radius 3 is 2.77 bits per heavy atom. The van der Waals surface area contributed by atoms with E-state index in [1.807, 2.05) is 25.1 Å². The molecule has 5 rings (SSSR count). The molecule has 1 saturated carbocycles. The summed E-state index contributed by atoms with van der Waals surface area (Å²) in [5.74, 6) is 0.103. The zero-order valence-corrected chi connectivity index (χ0v) is 19.7. The second kappa shape index (κ2) is 9.67. The number of carbonyl (C=O) groups is 2. The number of esters is 1. The number of fused-ring (bicyclic) bond motifs is 1. The lowest BCUT2D eigenvalue weighted by molar-refractivity contribution is -0.118. The molecule has 4 aromatic rings. The first-order chi connectivity index (χ1) is 17.0. The standard InChI is InChI=1S/C25H22N4O5S/c1-15-5-2-3-8-20(15)33-14-21(30)26-18-7-4-6-17(11-18)24(32)34-13-19-12-22(31)29-25(27-19)35-23(28-29)16-9-10-16/h2-8,11-12,16H,9-10,13-14H2,1H3,(H,26,30). The molecule has 1 amide bonds. The smallest absolute Gasteiger partial charge is 0.338 e. The van der Waals surface area contributed by atoms with Crippen LogP contribution in [0.25, 0.3) is 4.96 Å². The van der Waals surface area contributed by atoms with Crippen LogP contribution in [0.2, 0.25) is 0 Å². The highest BCUT2D eigenvalue weighted by Gasteiger charge is 2.28. The molecule has 10 heteroatoms. The molecule has 178 valence electrons. The van der Waals surface area contributed by atoms with Crippen molar-refractivity contribution in [3.05, 3.63) is 86.8 Å². The summed E-state index contributed by atoms with van der Waals surface area (Å²) in [6.07, 6.45) is 2.16. The summed E-state index contributed by atoms with van der Waals surface area (Å²) in [6.45, 7) is 1.58. The van der Waals surface area contributed by atoms with Crippen molar-refractivity contribution in [1.82, 2.24) is 14.6 Å². The first kappa shape index (κ1) is 22.7. The van der Waals surface area contributed by atoms with Crippen molar-refractivity contribution >= 4 is 33.9 Å². The van der Waals surface area contributed by atoms with Crippen LogP contribution in [0.15, 0.2) is 59.4 Å². The normalized spacial score (nSPS) is 12.9. The fourth-order valence-electron chi connectivity index (χ4n) is 3.45. The van der Waals surface area contributed by atoms with E-state index in [1.165, 1.54) is 28.0 Å². The first-order valence-electron chi connectivity index (χ1n) is 11.1. The summed E-state index contributed by atoms with van der Waals surface area (Å²) >= 11 is 1.39. The van der Waals surface area contributed by atoms with Crippen molar-refractivity contribution in [2.24, 2.45) is 0 Å². The van der Waals surface area contributed by atoms with Crippen LogP contribution in [-0.4, -0.2) is 33.1 Å². The van der Waals surface area contributed by atoms with Gasteiger partial charge in [-0.25, -0.2) is 9.78 Å². The molecule has 2 aromatic heterocycles. The Balaban J connectivity index is 1.19. The van der Waals surface area contributed by atoms with Crippen LogP contribution >= 0.6 is 11.3 Å². The monoisotopic (exact) mass is 490 g/mol. The number of hydrogen-bond acceptors (Lipinski definition) is 8. The number of carbonyl (C=O) groups excluding carboxylic acids is 2. The molecule has 2 aromatic carbocycles. The number of aromatic nitrogens is 3. The third-order valence-electron chi connectivity index (χ3n) is 5.43.